The number of allylic oxidation sites excluding steroid dienone is 1. The highest BCUT2D eigenvalue weighted by Crippen LogP contribution is 2.31. The van der Waals surface area contributed by atoms with Gasteiger partial charge in [0.25, 0.3) is 0 Å². The molecule has 0 radical (unpaired) electrons. The number of nitrogens with one attached hydrogen (secondary N) is 1. The van der Waals surface area contributed by atoms with E-state index in [0.29, 0.717) is 17.9 Å². The Balaban J connectivity index is 2.45. The number of rotatable bonds is 3. The summed E-state index contributed by atoms with van der Waals surface area (Å²) in [5.41, 5.74) is 2.01. The summed E-state index contributed by atoms with van der Waals surface area (Å²) < 4.78 is 5.09. The van der Waals surface area contributed by atoms with Crippen LogP contribution >= 0.6 is 11.3 Å². The lowest BCUT2D eigenvalue weighted by Crippen LogP contribution is -2.46. The molecule has 1 atom stereocenters. The smallest absolute Gasteiger partial charge is 0.338 e. The third-order valence-electron chi connectivity index (χ3n) is 3.13. The minimum atomic E-state index is -0.436. The summed E-state index contributed by atoms with van der Waals surface area (Å²) in [4.78, 5) is 25.4. The van der Waals surface area contributed by atoms with E-state index in [1.165, 1.54) is 16.2 Å². The van der Waals surface area contributed by atoms with Crippen LogP contribution in [-0.2, 0) is 9.53 Å². The molecule has 2 rings (SSSR count). The second-order valence-corrected chi connectivity index (χ2v) is 5.00. The van der Waals surface area contributed by atoms with E-state index in [2.05, 4.69) is 5.32 Å². The predicted molar refractivity (Wildman–Crippen MR) is 72.7 cm³/mol. The molecule has 2 heterocycles. The number of carbonyl (C=O) groups is 2. The molecule has 0 bridgehead atoms. The first kappa shape index (κ1) is 13.6. The lowest BCUT2D eigenvalue weighted by atomic mass is 9.97. The van der Waals surface area contributed by atoms with Crippen molar-refractivity contribution in [1.29, 1.82) is 0 Å². The van der Waals surface area contributed by atoms with Gasteiger partial charge in [-0.05, 0) is 36.2 Å². The molecule has 0 spiro atoms. The van der Waals surface area contributed by atoms with E-state index < -0.39 is 6.04 Å². The number of ether oxygens (including phenoxy) is 1. The molecule has 1 aliphatic rings. The Hall–Kier alpha value is -1.82. The lowest BCUT2D eigenvalue weighted by molar-refractivity contribution is -0.139. The maximum Gasteiger partial charge on any atom is 0.338 e. The molecule has 19 heavy (non-hydrogen) atoms. The first-order chi connectivity index (χ1) is 9.06. The fraction of sp³-hybridized carbons (Fsp3) is 0.385. The molecule has 2 amide bonds. The van der Waals surface area contributed by atoms with Crippen LogP contribution in [0.25, 0.3) is 0 Å². The Morgan fingerprint density at radius 2 is 2.32 bits per heavy atom. The van der Waals surface area contributed by atoms with Gasteiger partial charge < -0.3 is 15.0 Å². The van der Waals surface area contributed by atoms with Gasteiger partial charge >= 0.3 is 12.0 Å². The molecule has 1 aromatic heterocycles. The Kier molecular flexibility index (Phi) is 3.90. The fourth-order valence-electron chi connectivity index (χ4n) is 2.00. The van der Waals surface area contributed by atoms with Crippen LogP contribution in [0.1, 0.15) is 25.5 Å². The second-order valence-electron chi connectivity index (χ2n) is 4.22. The molecule has 5 nitrogen and oxygen atoms in total. The molecule has 0 saturated carbocycles. The Morgan fingerprint density at radius 3 is 2.89 bits per heavy atom. The number of hydrogen-bond acceptors (Lipinski definition) is 4. The maximum absolute atomic E-state index is 12.1. The van der Waals surface area contributed by atoms with Crippen LogP contribution in [0.3, 0.4) is 0 Å². The van der Waals surface area contributed by atoms with Crippen LogP contribution in [-0.4, -0.2) is 30.6 Å². The molecule has 0 aliphatic carbocycles. The summed E-state index contributed by atoms with van der Waals surface area (Å²) >= 11 is 1.52. The Labute approximate surface area is 115 Å². The highest BCUT2D eigenvalue weighted by atomic mass is 32.1. The molecule has 1 aromatic rings. The van der Waals surface area contributed by atoms with Crippen molar-refractivity contribution in [1.82, 2.24) is 10.2 Å². The van der Waals surface area contributed by atoms with E-state index in [1.54, 1.807) is 20.9 Å². The van der Waals surface area contributed by atoms with Crippen molar-refractivity contribution in [3.8, 4) is 0 Å². The van der Waals surface area contributed by atoms with Crippen LogP contribution in [0.15, 0.2) is 28.1 Å². The summed E-state index contributed by atoms with van der Waals surface area (Å²) in [5, 5.41) is 6.66. The number of nitrogens with zero attached hydrogens (tertiary/aromatic N) is 1. The quantitative estimate of drug-likeness (QED) is 0.864. The van der Waals surface area contributed by atoms with Crippen molar-refractivity contribution < 1.29 is 14.3 Å². The van der Waals surface area contributed by atoms with Crippen LogP contribution in [0.4, 0.5) is 4.79 Å². The van der Waals surface area contributed by atoms with Crippen molar-refractivity contribution in [3.63, 3.8) is 0 Å². The number of esters is 1. The largest absolute Gasteiger partial charge is 0.463 e. The van der Waals surface area contributed by atoms with Gasteiger partial charge in [-0.2, -0.15) is 11.3 Å². The minimum Gasteiger partial charge on any atom is -0.463 e. The summed E-state index contributed by atoms with van der Waals surface area (Å²) in [6.07, 6.45) is 0. The topological polar surface area (TPSA) is 58.6 Å². The van der Waals surface area contributed by atoms with Gasteiger partial charge in [-0.25, -0.2) is 9.59 Å². The van der Waals surface area contributed by atoms with Gasteiger partial charge in [0.15, 0.2) is 0 Å². The van der Waals surface area contributed by atoms with Crippen molar-refractivity contribution in [2.75, 3.05) is 13.7 Å². The average molecular weight is 280 g/mol. The third kappa shape index (κ3) is 2.49. The van der Waals surface area contributed by atoms with Crippen LogP contribution in [0.5, 0.6) is 0 Å². The van der Waals surface area contributed by atoms with Gasteiger partial charge in [0.05, 0.1) is 18.2 Å². The molecule has 0 fully saturated rings. The van der Waals surface area contributed by atoms with E-state index in [-0.39, 0.29) is 12.0 Å². The van der Waals surface area contributed by atoms with Gasteiger partial charge in [0, 0.05) is 12.7 Å². The normalized spacial score (nSPS) is 19.4. The molecular weight excluding hydrogens is 264 g/mol. The number of carbonyl (C=O) groups excluding carboxylic acids is 2. The van der Waals surface area contributed by atoms with Crippen molar-refractivity contribution in [3.05, 3.63) is 33.7 Å². The summed E-state index contributed by atoms with van der Waals surface area (Å²) in [6.45, 7) is 3.83. The number of hydrogen-bond donors (Lipinski definition) is 1. The number of amides is 2. The molecule has 6 heteroatoms. The van der Waals surface area contributed by atoms with Crippen LogP contribution < -0.4 is 5.32 Å². The zero-order valence-corrected chi connectivity index (χ0v) is 11.9. The fourth-order valence-corrected chi connectivity index (χ4v) is 2.68. The van der Waals surface area contributed by atoms with E-state index in [0.717, 1.165) is 5.56 Å². The van der Waals surface area contributed by atoms with Gasteiger partial charge in [0.2, 0.25) is 0 Å². The second kappa shape index (κ2) is 5.44. The number of urea groups is 1. The van der Waals surface area contributed by atoms with E-state index in [4.69, 9.17) is 4.74 Å². The first-order valence-electron chi connectivity index (χ1n) is 6.00. The first-order valence-corrected chi connectivity index (χ1v) is 6.94. The molecular formula is C13H16N2O3S. The van der Waals surface area contributed by atoms with Crippen molar-refractivity contribution >= 4 is 23.3 Å². The van der Waals surface area contributed by atoms with Gasteiger partial charge in [0.1, 0.15) is 0 Å². The van der Waals surface area contributed by atoms with Crippen molar-refractivity contribution in [2.24, 2.45) is 0 Å². The molecule has 1 N–H and O–H groups in total. The summed E-state index contributed by atoms with van der Waals surface area (Å²) in [6, 6.07) is 1.24. The van der Waals surface area contributed by atoms with Gasteiger partial charge in [-0.15, -0.1) is 0 Å². The predicted octanol–water partition coefficient (Wildman–Crippen LogP) is 2.28. The van der Waals surface area contributed by atoms with E-state index in [1.807, 2.05) is 16.8 Å². The van der Waals surface area contributed by atoms with Crippen molar-refractivity contribution in [2.45, 2.75) is 19.9 Å². The SMILES string of the molecule is CCOC(=O)C1=C(C)N(C)C(=O)NC1c1ccsc1. The van der Waals surface area contributed by atoms with Gasteiger partial charge in [-0.1, -0.05) is 0 Å². The van der Waals surface area contributed by atoms with Crippen LogP contribution in [0, 0.1) is 0 Å². The number of thiophene rings is 1. The molecule has 1 unspecified atom stereocenters. The molecule has 102 valence electrons. The maximum atomic E-state index is 12.1. The molecule has 1 aliphatic heterocycles. The average Bonchev–Trinajstić information content (AvgIpc) is 2.89. The minimum absolute atomic E-state index is 0.221. The standard InChI is InChI=1S/C13H16N2O3S/c1-4-18-12(16)10-8(2)15(3)13(17)14-11(10)9-5-6-19-7-9/h5-7,11H,4H2,1-3H3,(H,14,17). The van der Waals surface area contributed by atoms with Gasteiger partial charge in [-0.3, -0.25) is 0 Å². The Morgan fingerprint density at radius 1 is 1.58 bits per heavy atom. The van der Waals surface area contributed by atoms with E-state index >= 15 is 0 Å². The summed E-state index contributed by atoms with van der Waals surface area (Å²) in [5.74, 6) is -0.386. The highest BCUT2D eigenvalue weighted by Gasteiger charge is 2.34. The van der Waals surface area contributed by atoms with Crippen LogP contribution in [0.2, 0.25) is 0 Å². The lowest BCUT2D eigenvalue weighted by Gasteiger charge is -2.32. The molecule has 0 aromatic carbocycles. The zero-order valence-electron chi connectivity index (χ0n) is 11.1. The Bertz CT molecular complexity index is 522. The monoisotopic (exact) mass is 280 g/mol. The van der Waals surface area contributed by atoms with E-state index in [9.17, 15) is 9.59 Å². The highest BCUT2D eigenvalue weighted by molar-refractivity contribution is 7.08. The molecule has 0 saturated heterocycles. The summed E-state index contributed by atoms with van der Waals surface area (Å²) in [7, 11) is 1.63. The third-order valence-corrected chi connectivity index (χ3v) is 3.83. The zero-order chi connectivity index (χ0) is 14.0.